The summed E-state index contributed by atoms with van der Waals surface area (Å²) < 4.78 is 0. The highest BCUT2D eigenvalue weighted by Gasteiger charge is 2.23. The molecule has 4 N–H and O–H groups in total. The summed E-state index contributed by atoms with van der Waals surface area (Å²) in [6.07, 6.45) is 1.21. The van der Waals surface area contributed by atoms with E-state index in [9.17, 15) is 9.59 Å². The number of nitrogens with one attached hydrogen (secondary N) is 2. The molecule has 1 aliphatic rings. The van der Waals surface area contributed by atoms with Crippen molar-refractivity contribution in [3.8, 4) is 0 Å². The van der Waals surface area contributed by atoms with Gasteiger partial charge >= 0.3 is 0 Å². The van der Waals surface area contributed by atoms with E-state index >= 15 is 0 Å². The highest BCUT2D eigenvalue weighted by Crippen LogP contribution is 2.07. The molecule has 1 fully saturated rings. The van der Waals surface area contributed by atoms with Crippen molar-refractivity contribution in [1.82, 2.24) is 15.5 Å². The van der Waals surface area contributed by atoms with Gasteiger partial charge in [0.25, 0.3) is 0 Å². The van der Waals surface area contributed by atoms with Crippen LogP contribution >= 0.6 is 0 Å². The van der Waals surface area contributed by atoms with Crippen LogP contribution < -0.4 is 16.4 Å². The molecule has 0 aliphatic carbocycles. The minimum absolute atomic E-state index is 0.0526. The molecule has 6 heteroatoms. The molecule has 18 heavy (non-hydrogen) atoms. The molecule has 0 saturated carbocycles. The number of nitrogens with two attached hydrogens (primary N) is 1. The number of carbonyl (C=O) groups excluding carboxylic acids is 2. The van der Waals surface area contributed by atoms with Crippen LogP contribution in [0, 0.1) is 0 Å². The Bertz CT molecular complexity index is 296. The normalized spacial score (nSPS) is 18.1. The fourth-order valence-electron chi connectivity index (χ4n) is 2.16. The molecule has 0 atom stereocenters. The summed E-state index contributed by atoms with van der Waals surface area (Å²) in [6.45, 7) is 7.72. The van der Waals surface area contributed by atoms with Crippen LogP contribution in [0.5, 0.6) is 0 Å². The predicted molar refractivity (Wildman–Crippen MR) is 70.0 cm³/mol. The molecule has 6 nitrogen and oxygen atoms in total. The van der Waals surface area contributed by atoms with E-state index in [1.54, 1.807) is 13.8 Å². The molecule has 0 aromatic rings. The third kappa shape index (κ3) is 5.97. The average molecular weight is 256 g/mol. The first kappa shape index (κ1) is 14.9. The van der Waals surface area contributed by atoms with E-state index in [2.05, 4.69) is 15.5 Å². The lowest BCUT2D eigenvalue weighted by molar-refractivity contribution is -0.124. The predicted octanol–water partition coefficient (Wildman–Crippen LogP) is -0.948. The van der Waals surface area contributed by atoms with Gasteiger partial charge in [-0.1, -0.05) is 0 Å². The minimum atomic E-state index is -0.576. The molecule has 0 radical (unpaired) electrons. The van der Waals surface area contributed by atoms with Crippen LogP contribution in [0.15, 0.2) is 0 Å². The van der Waals surface area contributed by atoms with Gasteiger partial charge in [0.15, 0.2) is 0 Å². The summed E-state index contributed by atoms with van der Waals surface area (Å²) in [5.74, 6) is -0.456. The van der Waals surface area contributed by atoms with Crippen LogP contribution in [0.3, 0.4) is 0 Å². The van der Waals surface area contributed by atoms with Gasteiger partial charge in [-0.25, -0.2) is 0 Å². The van der Waals surface area contributed by atoms with Crippen molar-refractivity contribution >= 4 is 11.8 Å². The smallest absolute Gasteiger partial charge is 0.234 e. The molecule has 0 bridgehead atoms. The lowest BCUT2D eigenvalue weighted by atomic mass is 10.0. The summed E-state index contributed by atoms with van der Waals surface area (Å²) >= 11 is 0. The summed E-state index contributed by atoms with van der Waals surface area (Å²) in [5.41, 5.74) is 4.57. The quantitative estimate of drug-likeness (QED) is 0.592. The van der Waals surface area contributed by atoms with Gasteiger partial charge in [-0.05, 0) is 33.4 Å². The summed E-state index contributed by atoms with van der Waals surface area (Å²) in [4.78, 5) is 24.9. The van der Waals surface area contributed by atoms with Crippen molar-refractivity contribution in [1.29, 1.82) is 0 Å². The van der Waals surface area contributed by atoms with E-state index < -0.39 is 11.4 Å². The third-order valence-electron chi connectivity index (χ3n) is 2.89. The van der Waals surface area contributed by atoms with E-state index in [0.29, 0.717) is 6.54 Å². The van der Waals surface area contributed by atoms with Gasteiger partial charge < -0.3 is 16.4 Å². The van der Waals surface area contributed by atoms with Gasteiger partial charge in [-0.2, -0.15) is 0 Å². The Morgan fingerprint density at radius 2 is 2.06 bits per heavy atom. The third-order valence-corrected chi connectivity index (χ3v) is 2.89. The zero-order chi connectivity index (χ0) is 13.6. The maximum Gasteiger partial charge on any atom is 0.234 e. The zero-order valence-corrected chi connectivity index (χ0v) is 11.3. The summed E-state index contributed by atoms with van der Waals surface area (Å²) in [5, 5.41) is 6.14. The first-order chi connectivity index (χ1) is 8.39. The Morgan fingerprint density at radius 1 is 1.33 bits per heavy atom. The maximum atomic E-state index is 11.9. The van der Waals surface area contributed by atoms with Gasteiger partial charge in [-0.3, -0.25) is 14.5 Å². The molecule has 0 unspecified atom stereocenters. The molecule has 1 rings (SSSR count). The molecule has 0 aromatic carbocycles. The number of primary amides is 1. The minimum Gasteiger partial charge on any atom is -0.370 e. The summed E-state index contributed by atoms with van der Waals surface area (Å²) in [7, 11) is 0. The molecule has 0 aromatic heterocycles. The van der Waals surface area contributed by atoms with Crippen LogP contribution in [-0.4, -0.2) is 55.0 Å². The second kappa shape index (κ2) is 6.70. The molecule has 1 aliphatic heterocycles. The number of hydrogen-bond acceptors (Lipinski definition) is 4. The van der Waals surface area contributed by atoms with E-state index in [1.807, 2.05) is 0 Å². The van der Waals surface area contributed by atoms with Crippen molar-refractivity contribution in [3.63, 3.8) is 0 Å². The zero-order valence-electron chi connectivity index (χ0n) is 11.3. The first-order valence-electron chi connectivity index (χ1n) is 6.41. The first-order valence-corrected chi connectivity index (χ1v) is 6.41. The van der Waals surface area contributed by atoms with Gasteiger partial charge in [0.05, 0.1) is 6.54 Å². The molecule has 104 valence electrons. The van der Waals surface area contributed by atoms with Gasteiger partial charge in [0.1, 0.15) is 0 Å². The Labute approximate surface area is 108 Å². The van der Waals surface area contributed by atoms with E-state index in [1.165, 1.54) is 0 Å². The SMILES string of the molecule is CC(C)(CC(N)=O)NC(=O)CN1CCCNCC1. The summed E-state index contributed by atoms with van der Waals surface area (Å²) in [6, 6.07) is 0. The standard InChI is InChI=1S/C12H24N4O2/c1-12(2,8-10(13)17)15-11(18)9-16-6-3-4-14-5-7-16/h14H,3-9H2,1-2H3,(H2,13,17)(H,15,18). The lowest BCUT2D eigenvalue weighted by Crippen LogP contribution is -2.49. The number of rotatable bonds is 5. The van der Waals surface area contributed by atoms with Gasteiger partial charge in [0.2, 0.25) is 11.8 Å². The van der Waals surface area contributed by atoms with Crippen molar-refractivity contribution in [2.24, 2.45) is 5.73 Å². The van der Waals surface area contributed by atoms with Crippen molar-refractivity contribution in [2.75, 3.05) is 32.7 Å². The van der Waals surface area contributed by atoms with Crippen molar-refractivity contribution in [2.45, 2.75) is 32.2 Å². The Kier molecular flexibility index (Phi) is 5.55. The van der Waals surface area contributed by atoms with Gasteiger partial charge in [-0.15, -0.1) is 0 Å². The van der Waals surface area contributed by atoms with E-state index in [-0.39, 0.29) is 12.3 Å². The molecule has 0 spiro atoms. The monoisotopic (exact) mass is 256 g/mol. The highest BCUT2D eigenvalue weighted by atomic mass is 16.2. The molecular formula is C12H24N4O2. The number of amides is 2. The highest BCUT2D eigenvalue weighted by molar-refractivity contribution is 5.81. The van der Waals surface area contributed by atoms with E-state index in [4.69, 9.17) is 5.73 Å². The molecular weight excluding hydrogens is 232 g/mol. The number of carbonyl (C=O) groups is 2. The largest absolute Gasteiger partial charge is 0.370 e. The van der Waals surface area contributed by atoms with Crippen LogP contribution in [0.4, 0.5) is 0 Å². The van der Waals surface area contributed by atoms with Crippen LogP contribution in [-0.2, 0) is 9.59 Å². The van der Waals surface area contributed by atoms with Crippen molar-refractivity contribution in [3.05, 3.63) is 0 Å². The second-order valence-electron chi connectivity index (χ2n) is 5.45. The fraction of sp³-hybridized carbons (Fsp3) is 0.833. The molecule has 2 amide bonds. The van der Waals surface area contributed by atoms with Crippen LogP contribution in [0.25, 0.3) is 0 Å². The van der Waals surface area contributed by atoms with E-state index in [0.717, 1.165) is 32.6 Å². The molecule has 1 saturated heterocycles. The Hall–Kier alpha value is -1.14. The lowest BCUT2D eigenvalue weighted by Gasteiger charge is -2.27. The fourth-order valence-corrected chi connectivity index (χ4v) is 2.16. The van der Waals surface area contributed by atoms with Crippen LogP contribution in [0.1, 0.15) is 26.7 Å². The van der Waals surface area contributed by atoms with Gasteiger partial charge in [0, 0.05) is 25.0 Å². The maximum absolute atomic E-state index is 11.9. The number of hydrogen-bond donors (Lipinski definition) is 3. The second-order valence-corrected chi connectivity index (χ2v) is 5.45. The Balaban J connectivity index is 2.37. The Morgan fingerprint density at radius 3 is 2.72 bits per heavy atom. The average Bonchev–Trinajstić information content (AvgIpc) is 2.42. The number of nitrogens with zero attached hydrogens (tertiary/aromatic N) is 1. The van der Waals surface area contributed by atoms with Crippen LogP contribution in [0.2, 0.25) is 0 Å². The topological polar surface area (TPSA) is 87.5 Å². The molecule has 1 heterocycles. The van der Waals surface area contributed by atoms with Crippen molar-refractivity contribution < 1.29 is 9.59 Å².